The number of carbonyl (C=O) groups is 2. The molecule has 0 atom stereocenters. The molecule has 1 fully saturated rings. The van der Waals surface area contributed by atoms with Crippen LogP contribution in [0.25, 0.3) is 6.08 Å². The Bertz CT molecular complexity index is 1330. The molecular formula is C24H17N3O4S3. The van der Waals surface area contributed by atoms with Crippen LogP contribution >= 0.6 is 35.3 Å². The fourth-order valence-corrected chi connectivity index (χ4v) is 4.88. The molecule has 4 rings (SSSR count). The molecule has 34 heavy (non-hydrogen) atoms. The topological polar surface area (TPSA) is 91.7 Å². The van der Waals surface area contributed by atoms with Crippen molar-refractivity contribution in [3.8, 4) is 17.6 Å². The van der Waals surface area contributed by atoms with Gasteiger partial charge in [-0.1, -0.05) is 42.1 Å². The number of methoxy groups -OCH3 is 1. The SMILES string of the molecule is COc1cc(/C=C2\SC(=S)N(NC(=O)c3cccs3)C2=O)ccc1OCc1ccccc1C#N. The standard InChI is InChI=1S/C24H17N3O4S3/c1-30-19-11-15(8-9-18(19)31-14-17-6-3-2-5-16(17)13-25)12-21-23(29)27(24(32)34-21)26-22(28)20-7-4-10-33-20/h2-12H,14H2,1H3,(H,26,28)/b21-12-. The van der Waals surface area contributed by atoms with Crippen molar-refractivity contribution in [3.05, 3.63) is 86.5 Å². The number of thiophene rings is 1. The number of nitrogens with one attached hydrogen (secondary N) is 1. The van der Waals surface area contributed by atoms with Crippen LogP contribution in [0.15, 0.2) is 64.9 Å². The first-order valence-corrected chi connectivity index (χ1v) is 12.0. The average Bonchev–Trinajstić information content (AvgIpc) is 3.48. The van der Waals surface area contributed by atoms with Crippen molar-refractivity contribution >= 4 is 57.5 Å². The van der Waals surface area contributed by atoms with Crippen LogP contribution in [-0.4, -0.2) is 28.3 Å². The van der Waals surface area contributed by atoms with E-state index >= 15 is 0 Å². The van der Waals surface area contributed by atoms with Crippen LogP contribution in [0, 0.1) is 11.3 Å². The molecule has 0 bridgehead atoms. The van der Waals surface area contributed by atoms with E-state index < -0.39 is 11.8 Å². The molecular weight excluding hydrogens is 490 g/mol. The molecule has 0 aliphatic carbocycles. The minimum absolute atomic E-state index is 0.210. The number of rotatable bonds is 7. The molecule has 1 saturated heterocycles. The summed E-state index contributed by atoms with van der Waals surface area (Å²) in [5.74, 6) is 0.175. The van der Waals surface area contributed by atoms with E-state index in [1.165, 1.54) is 18.4 Å². The van der Waals surface area contributed by atoms with Crippen LogP contribution in [-0.2, 0) is 11.4 Å². The van der Waals surface area contributed by atoms with Gasteiger partial charge in [-0.15, -0.1) is 11.3 Å². The molecule has 170 valence electrons. The number of thioether (sulfide) groups is 1. The van der Waals surface area contributed by atoms with Crippen LogP contribution < -0.4 is 14.9 Å². The van der Waals surface area contributed by atoms with Crippen molar-refractivity contribution in [2.45, 2.75) is 6.61 Å². The molecule has 2 heterocycles. The number of hydrazine groups is 1. The molecule has 2 aromatic carbocycles. The summed E-state index contributed by atoms with van der Waals surface area (Å²) in [4.78, 5) is 26.0. The van der Waals surface area contributed by atoms with Crippen molar-refractivity contribution in [2.75, 3.05) is 7.11 Å². The molecule has 7 nitrogen and oxygen atoms in total. The maximum Gasteiger partial charge on any atom is 0.285 e. The van der Waals surface area contributed by atoms with Crippen LogP contribution in [0.4, 0.5) is 0 Å². The Morgan fingerprint density at radius 3 is 2.76 bits per heavy atom. The zero-order valence-electron chi connectivity index (χ0n) is 17.8. The lowest BCUT2D eigenvalue weighted by atomic mass is 10.1. The Kier molecular flexibility index (Phi) is 7.27. The van der Waals surface area contributed by atoms with Crippen LogP contribution in [0.1, 0.15) is 26.4 Å². The van der Waals surface area contributed by atoms with Crippen LogP contribution in [0.5, 0.6) is 11.5 Å². The Labute approximate surface area is 209 Å². The van der Waals surface area contributed by atoms with E-state index in [4.69, 9.17) is 21.7 Å². The normalized spacial score (nSPS) is 14.2. The van der Waals surface area contributed by atoms with Crippen molar-refractivity contribution in [1.82, 2.24) is 10.4 Å². The molecule has 10 heteroatoms. The van der Waals surface area contributed by atoms with Crippen LogP contribution in [0.2, 0.25) is 0 Å². The van der Waals surface area contributed by atoms with E-state index in [0.29, 0.717) is 32.4 Å². The highest BCUT2D eigenvalue weighted by molar-refractivity contribution is 8.26. The number of nitrogens with zero attached hydrogens (tertiary/aromatic N) is 2. The maximum atomic E-state index is 12.8. The fourth-order valence-electron chi connectivity index (χ4n) is 3.08. The van der Waals surface area contributed by atoms with Gasteiger partial charge in [0.05, 0.1) is 28.5 Å². The molecule has 1 aliphatic rings. The zero-order chi connectivity index (χ0) is 24.1. The number of amides is 2. The van der Waals surface area contributed by atoms with Gasteiger partial charge in [-0.3, -0.25) is 15.0 Å². The summed E-state index contributed by atoms with van der Waals surface area (Å²) in [6.07, 6.45) is 1.67. The van der Waals surface area contributed by atoms with Crippen molar-refractivity contribution in [2.24, 2.45) is 0 Å². The number of ether oxygens (including phenoxy) is 2. The van der Waals surface area contributed by atoms with Gasteiger partial charge in [0.2, 0.25) is 0 Å². The van der Waals surface area contributed by atoms with Gasteiger partial charge in [0.15, 0.2) is 15.8 Å². The average molecular weight is 508 g/mol. The number of carbonyl (C=O) groups excluding carboxylic acids is 2. The third kappa shape index (κ3) is 5.12. The van der Waals surface area contributed by atoms with E-state index in [-0.39, 0.29) is 10.9 Å². The number of hydrogen-bond donors (Lipinski definition) is 1. The summed E-state index contributed by atoms with van der Waals surface area (Å²) in [5.41, 5.74) is 4.57. The van der Waals surface area contributed by atoms with Crippen molar-refractivity contribution < 1.29 is 19.1 Å². The van der Waals surface area contributed by atoms with Gasteiger partial charge in [-0.25, -0.2) is 0 Å². The van der Waals surface area contributed by atoms with Gasteiger partial charge in [0.1, 0.15) is 6.61 Å². The number of hydrogen-bond acceptors (Lipinski definition) is 8. The Balaban J connectivity index is 1.48. The summed E-state index contributed by atoms with van der Waals surface area (Å²) in [5, 5.41) is 12.1. The molecule has 3 aromatic rings. The number of benzene rings is 2. The first-order valence-electron chi connectivity index (χ1n) is 9.91. The summed E-state index contributed by atoms with van der Waals surface area (Å²) in [6, 6.07) is 18.0. The van der Waals surface area contributed by atoms with Crippen molar-refractivity contribution in [3.63, 3.8) is 0 Å². The monoisotopic (exact) mass is 507 g/mol. The number of nitriles is 1. The van der Waals surface area contributed by atoms with Gasteiger partial charge >= 0.3 is 0 Å². The molecule has 1 N–H and O–H groups in total. The smallest absolute Gasteiger partial charge is 0.285 e. The minimum atomic E-state index is -0.410. The zero-order valence-corrected chi connectivity index (χ0v) is 20.3. The van der Waals surface area contributed by atoms with E-state index in [1.54, 1.807) is 53.9 Å². The molecule has 0 saturated carbocycles. The highest BCUT2D eigenvalue weighted by Gasteiger charge is 2.34. The largest absolute Gasteiger partial charge is 0.493 e. The minimum Gasteiger partial charge on any atom is -0.493 e. The number of thiocarbonyl (C=S) groups is 1. The predicted octanol–water partition coefficient (Wildman–Crippen LogP) is 4.75. The van der Waals surface area contributed by atoms with E-state index in [1.807, 2.05) is 12.1 Å². The van der Waals surface area contributed by atoms with Gasteiger partial charge < -0.3 is 9.47 Å². The van der Waals surface area contributed by atoms with Gasteiger partial charge in [0.25, 0.3) is 11.8 Å². The second kappa shape index (κ2) is 10.5. The molecule has 0 spiro atoms. The summed E-state index contributed by atoms with van der Waals surface area (Å²) < 4.78 is 11.6. The quantitative estimate of drug-likeness (QED) is 0.364. The lowest BCUT2D eigenvalue weighted by molar-refractivity contribution is -0.123. The highest BCUT2D eigenvalue weighted by Crippen LogP contribution is 2.34. The third-order valence-electron chi connectivity index (χ3n) is 4.76. The first-order chi connectivity index (χ1) is 16.5. The lowest BCUT2D eigenvalue weighted by Gasteiger charge is -2.14. The van der Waals surface area contributed by atoms with E-state index in [0.717, 1.165) is 22.3 Å². The Morgan fingerprint density at radius 2 is 2.03 bits per heavy atom. The summed E-state index contributed by atoms with van der Waals surface area (Å²) >= 11 is 7.65. The Morgan fingerprint density at radius 1 is 1.21 bits per heavy atom. The fraction of sp³-hybridized carbons (Fsp3) is 0.0833. The third-order valence-corrected chi connectivity index (χ3v) is 6.93. The maximum absolute atomic E-state index is 12.8. The molecule has 1 aliphatic heterocycles. The Hall–Kier alpha value is -3.65. The van der Waals surface area contributed by atoms with Gasteiger partial charge in [-0.2, -0.15) is 10.3 Å². The predicted molar refractivity (Wildman–Crippen MR) is 135 cm³/mol. The second-order valence-electron chi connectivity index (χ2n) is 6.90. The summed E-state index contributed by atoms with van der Waals surface area (Å²) in [6.45, 7) is 0.210. The lowest BCUT2D eigenvalue weighted by Crippen LogP contribution is -2.44. The molecule has 1 aromatic heterocycles. The second-order valence-corrected chi connectivity index (χ2v) is 9.53. The summed E-state index contributed by atoms with van der Waals surface area (Å²) in [7, 11) is 1.52. The molecule has 2 amide bonds. The van der Waals surface area contributed by atoms with Crippen LogP contribution in [0.3, 0.4) is 0 Å². The molecule has 0 unspecified atom stereocenters. The molecule has 0 radical (unpaired) electrons. The van der Waals surface area contributed by atoms with Crippen molar-refractivity contribution in [1.29, 1.82) is 5.26 Å². The van der Waals surface area contributed by atoms with Gasteiger partial charge in [-0.05, 0) is 53.5 Å². The van der Waals surface area contributed by atoms with E-state index in [9.17, 15) is 14.9 Å². The van der Waals surface area contributed by atoms with E-state index in [2.05, 4.69) is 11.5 Å². The highest BCUT2D eigenvalue weighted by atomic mass is 32.2. The van der Waals surface area contributed by atoms with Gasteiger partial charge in [0, 0.05) is 5.56 Å². The first kappa shape index (κ1) is 23.5.